The Morgan fingerprint density at radius 3 is 2.08 bits per heavy atom. The minimum Gasteiger partial charge on any atom is -0.273 e. The van der Waals surface area contributed by atoms with E-state index in [1.807, 2.05) is 48.5 Å². The van der Waals surface area contributed by atoms with E-state index in [0.29, 0.717) is 5.69 Å². The molecule has 0 spiro atoms. The van der Waals surface area contributed by atoms with Gasteiger partial charge < -0.3 is 0 Å². The lowest BCUT2D eigenvalue weighted by atomic mass is 9.93. The molecule has 2 aliphatic heterocycles. The van der Waals surface area contributed by atoms with Crippen LogP contribution in [0.5, 0.6) is 0 Å². The molecule has 0 radical (unpaired) electrons. The van der Waals surface area contributed by atoms with Crippen molar-refractivity contribution in [1.29, 1.82) is 0 Å². The van der Waals surface area contributed by atoms with Gasteiger partial charge in [0.1, 0.15) is 0 Å². The van der Waals surface area contributed by atoms with Gasteiger partial charge >= 0.3 is 0 Å². The van der Waals surface area contributed by atoms with Crippen LogP contribution in [-0.2, 0) is 14.4 Å². The normalized spacial score (nSPS) is 25.6. The predicted molar refractivity (Wildman–Crippen MR) is 94.9 cm³/mol. The molecule has 2 amide bonds. The van der Waals surface area contributed by atoms with Gasteiger partial charge in [0.25, 0.3) is 5.91 Å². The molecular weight excluding hydrogens is 316 g/mol. The molecule has 2 fully saturated rings. The highest BCUT2D eigenvalue weighted by Crippen LogP contribution is 2.41. The molecule has 0 saturated carbocycles. The molecule has 2 saturated heterocycles. The smallest absolute Gasteiger partial charge is 0.266 e. The van der Waals surface area contributed by atoms with Crippen molar-refractivity contribution >= 4 is 23.2 Å². The summed E-state index contributed by atoms with van der Waals surface area (Å²) in [6.07, 6.45) is 0.954. The van der Waals surface area contributed by atoms with E-state index in [-0.39, 0.29) is 17.9 Å². The van der Waals surface area contributed by atoms with Gasteiger partial charge in [-0.1, -0.05) is 49.7 Å². The van der Waals surface area contributed by atoms with Crippen molar-refractivity contribution in [1.82, 2.24) is 0 Å². The summed E-state index contributed by atoms with van der Waals surface area (Å²) in [5.74, 6) is -0.910. The SMILES string of the molecule is CCC[C@H]1[C@@H]2C(=O)N(c3ccccc3)C(=O)[C@@H]2ON1c1ccccc1. The van der Waals surface area contributed by atoms with Crippen molar-refractivity contribution in [3.8, 4) is 0 Å². The number of hydrogen-bond donors (Lipinski definition) is 0. The Morgan fingerprint density at radius 1 is 0.880 bits per heavy atom. The number of para-hydroxylation sites is 2. The highest BCUT2D eigenvalue weighted by atomic mass is 16.7. The van der Waals surface area contributed by atoms with Crippen LogP contribution in [0.15, 0.2) is 60.7 Å². The lowest BCUT2D eigenvalue weighted by Gasteiger charge is -2.28. The van der Waals surface area contributed by atoms with E-state index in [2.05, 4.69) is 6.92 Å². The molecule has 0 unspecified atom stereocenters. The Hall–Kier alpha value is -2.66. The first-order valence-electron chi connectivity index (χ1n) is 8.66. The number of hydroxylamine groups is 1. The molecule has 2 aliphatic rings. The van der Waals surface area contributed by atoms with Gasteiger partial charge in [0.2, 0.25) is 5.91 Å². The van der Waals surface area contributed by atoms with Crippen molar-refractivity contribution in [2.24, 2.45) is 5.92 Å². The molecule has 0 N–H and O–H groups in total. The zero-order valence-electron chi connectivity index (χ0n) is 14.0. The Morgan fingerprint density at radius 2 is 1.48 bits per heavy atom. The Labute approximate surface area is 146 Å². The van der Waals surface area contributed by atoms with Gasteiger partial charge in [0.15, 0.2) is 6.10 Å². The molecule has 5 heteroatoms. The molecule has 2 aromatic rings. The van der Waals surface area contributed by atoms with E-state index in [1.54, 1.807) is 17.2 Å². The molecule has 0 aromatic heterocycles. The average Bonchev–Trinajstić information content (AvgIpc) is 3.13. The maximum Gasteiger partial charge on any atom is 0.266 e. The summed E-state index contributed by atoms with van der Waals surface area (Å²) >= 11 is 0. The zero-order valence-corrected chi connectivity index (χ0v) is 14.0. The van der Waals surface area contributed by atoms with Crippen LogP contribution >= 0.6 is 0 Å². The van der Waals surface area contributed by atoms with Crippen LogP contribution in [0.1, 0.15) is 19.8 Å². The van der Waals surface area contributed by atoms with Gasteiger partial charge in [-0.25, -0.2) is 9.96 Å². The second-order valence-corrected chi connectivity index (χ2v) is 6.42. The number of fused-ring (bicyclic) bond motifs is 1. The molecule has 2 aromatic carbocycles. The van der Waals surface area contributed by atoms with Crippen molar-refractivity contribution < 1.29 is 14.4 Å². The van der Waals surface area contributed by atoms with Gasteiger partial charge in [-0.15, -0.1) is 0 Å². The fraction of sp³-hybridized carbons (Fsp3) is 0.300. The number of imide groups is 1. The first-order chi connectivity index (χ1) is 12.2. The Kier molecular flexibility index (Phi) is 4.01. The Balaban J connectivity index is 1.68. The minimum atomic E-state index is -0.746. The number of amides is 2. The summed E-state index contributed by atoms with van der Waals surface area (Å²) in [6.45, 7) is 2.08. The first-order valence-corrected chi connectivity index (χ1v) is 8.66. The number of hydrogen-bond acceptors (Lipinski definition) is 4. The summed E-state index contributed by atoms with van der Waals surface area (Å²) in [4.78, 5) is 33.2. The van der Waals surface area contributed by atoms with Gasteiger partial charge in [0, 0.05) is 0 Å². The summed E-state index contributed by atoms with van der Waals surface area (Å²) in [6, 6.07) is 18.6. The van der Waals surface area contributed by atoms with Crippen LogP contribution in [-0.4, -0.2) is 24.0 Å². The third kappa shape index (κ3) is 2.51. The van der Waals surface area contributed by atoms with Crippen molar-refractivity contribution in [3.05, 3.63) is 60.7 Å². The second-order valence-electron chi connectivity index (χ2n) is 6.42. The van der Waals surface area contributed by atoms with Gasteiger partial charge in [-0.3, -0.25) is 14.4 Å². The van der Waals surface area contributed by atoms with E-state index in [4.69, 9.17) is 4.84 Å². The second kappa shape index (κ2) is 6.33. The van der Waals surface area contributed by atoms with Crippen LogP contribution in [0, 0.1) is 5.92 Å². The number of carbonyl (C=O) groups is 2. The molecule has 25 heavy (non-hydrogen) atoms. The van der Waals surface area contributed by atoms with Crippen LogP contribution in [0.4, 0.5) is 11.4 Å². The van der Waals surface area contributed by atoms with Crippen LogP contribution < -0.4 is 9.96 Å². The molecule has 0 aliphatic carbocycles. The fourth-order valence-electron chi connectivity index (χ4n) is 3.74. The van der Waals surface area contributed by atoms with Crippen molar-refractivity contribution in [2.75, 3.05) is 9.96 Å². The standard InChI is InChI=1S/C20H20N2O3/c1-2-9-16-17-18(25-22(16)15-12-7-4-8-13-15)20(24)21(19(17)23)14-10-5-3-6-11-14/h3-8,10-13,16-18H,2,9H2,1H3/t16-,17-,18+/m0/s1. The summed E-state index contributed by atoms with van der Waals surface area (Å²) in [5.41, 5.74) is 1.49. The zero-order chi connectivity index (χ0) is 17.4. The van der Waals surface area contributed by atoms with Gasteiger partial charge in [0.05, 0.1) is 23.3 Å². The quantitative estimate of drug-likeness (QED) is 0.805. The lowest BCUT2D eigenvalue weighted by Crippen LogP contribution is -2.40. The molecule has 0 bridgehead atoms. The van der Waals surface area contributed by atoms with E-state index in [9.17, 15) is 9.59 Å². The van der Waals surface area contributed by atoms with E-state index >= 15 is 0 Å². The maximum absolute atomic E-state index is 13.1. The fourth-order valence-corrected chi connectivity index (χ4v) is 3.74. The lowest BCUT2D eigenvalue weighted by molar-refractivity contribution is -0.126. The monoisotopic (exact) mass is 336 g/mol. The number of anilines is 2. The van der Waals surface area contributed by atoms with Gasteiger partial charge in [-0.2, -0.15) is 0 Å². The molecule has 3 atom stereocenters. The van der Waals surface area contributed by atoms with E-state index < -0.39 is 12.0 Å². The predicted octanol–water partition coefficient (Wildman–Crippen LogP) is 3.17. The first kappa shape index (κ1) is 15.8. The number of benzene rings is 2. The largest absolute Gasteiger partial charge is 0.273 e. The van der Waals surface area contributed by atoms with Crippen LogP contribution in [0.2, 0.25) is 0 Å². The van der Waals surface area contributed by atoms with Crippen molar-refractivity contribution in [3.63, 3.8) is 0 Å². The number of nitrogens with zero attached hydrogens (tertiary/aromatic N) is 2. The van der Waals surface area contributed by atoms with Crippen LogP contribution in [0.3, 0.4) is 0 Å². The highest BCUT2D eigenvalue weighted by molar-refractivity contribution is 6.23. The summed E-state index contributed by atoms with van der Waals surface area (Å²) in [5, 5.41) is 1.76. The summed E-state index contributed by atoms with van der Waals surface area (Å²) < 4.78 is 0. The van der Waals surface area contributed by atoms with Gasteiger partial charge in [-0.05, 0) is 30.7 Å². The molecule has 5 nitrogen and oxygen atoms in total. The number of rotatable bonds is 4. The van der Waals surface area contributed by atoms with Crippen LogP contribution in [0.25, 0.3) is 0 Å². The minimum absolute atomic E-state index is 0.137. The third-order valence-corrected chi connectivity index (χ3v) is 4.85. The Bertz CT molecular complexity index is 778. The third-order valence-electron chi connectivity index (χ3n) is 4.85. The maximum atomic E-state index is 13.1. The van der Waals surface area contributed by atoms with E-state index in [1.165, 1.54) is 4.90 Å². The highest BCUT2D eigenvalue weighted by Gasteiger charge is 2.59. The molecule has 2 heterocycles. The number of carbonyl (C=O) groups excluding carboxylic acids is 2. The molecular formula is C20H20N2O3. The summed E-state index contributed by atoms with van der Waals surface area (Å²) in [7, 11) is 0. The van der Waals surface area contributed by atoms with Crippen molar-refractivity contribution in [2.45, 2.75) is 31.9 Å². The topological polar surface area (TPSA) is 49.9 Å². The molecule has 128 valence electrons. The van der Waals surface area contributed by atoms with E-state index in [0.717, 1.165) is 18.5 Å². The average molecular weight is 336 g/mol. The molecule has 4 rings (SSSR count).